The molecule has 0 aliphatic rings. The molecule has 1 N–H and O–H groups in total. The number of aliphatic hydroxyl groups excluding tert-OH is 1. The van der Waals surface area contributed by atoms with Crippen molar-refractivity contribution in [3.63, 3.8) is 0 Å². The number of halogens is 2. The van der Waals surface area contributed by atoms with Crippen molar-refractivity contribution < 1.29 is 9.84 Å². The largest absolute Gasteiger partial charge is 0.455 e. The molecule has 0 fully saturated rings. The lowest BCUT2D eigenvalue weighted by Gasteiger charge is -2.12. The zero-order valence-corrected chi connectivity index (χ0v) is 13.0. The van der Waals surface area contributed by atoms with Crippen LogP contribution in [0.3, 0.4) is 0 Å². The Bertz CT molecular complexity index is 597. The highest BCUT2D eigenvalue weighted by Gasteiger charge is 2.09. The molecule has 0 aliphatic heterocycles. The predicted octanol–water partition coefficient (Wildman–Crippen LogP) is 5.26. The zero-order chi connectivity index (χ0) is 14.0. The van der Waals surface area contributed by atoms with Gasteiger partial charge < -0.3 is 9.84 Å². The molecular formula is C15H14BrClO2. The van der Waals surface area contributed by atoms with Gasteiger partial charge in [0.15, 0.2) is 0 Å². The highest BCUT2D eigenvalue weighted by Crippen LogP contribution is 2.35. The summed E-state index contributed by atoms with van der Waals surface area (Å²) in [5.74, 6) is 1.28. The molecule has 0 amide bonds. The minimum absolute atomic E-state index is 0.507. The van der Waals surface area contributed by atoms with Crippen LogP contribution in [0.25, 0.3) is 0 Å². The number of rotatable bonds is 3. The fourth-order valence-corrected chi connectivity index (χ4v) is 2.30. The summed E-state index contributed by atoms with van der Waals surface area (Å²) in [6, 6.07) is 11.1. The van der Waals surface area contributed by atoms with E-state index < -0.39 is 6.10 Å². The van der Waals surface area contributed by atoms with Crippen LogP contribution in [-0.4, -0.2) is 5.11 Å². The average Bonchev–Trinajstić information content (AvgIpc) is 2.36. The van der Waals surface area contributed by atoms with Crippen LogP contribution in [0, 0.1) is 6.92 Å². The van der Waals surface area contributed by atoms with E-state index in [0.717, 1.165) is 15.6 Å². The number of hydrogen-bond donors (Lipinski definition) is 1. The molecule has 2 rings (SSSR count). The van der Waals surface area contributed by atoms with Gasteiger partial charge in [0.05, 0.1) is 15.6 Å². The normalized spacial score (nSPS) is 12.3. The molecular weight excluding hydrogens is 328 g/mol. The number of ether oxygens (including phenoxy) is 1. The van der Waals surface area contributed by atoms with Gasteiger partial charge in [0.25, 0.3) is 0 Å². The summed E-state index contributed by atoms with van der Waals surface area (Å²) in [5.41, 5.74) is 1.91. The number of benzene rings is 2. The van der Waals surface area contributed by atoms with E-state index in [2.05, 4.69) is 15.9 Å². The average molecular weight is 342 g/mol. The first-order chi connectivity index (χ1) is 8.97. The van der Waals surface area contributed by atoms with E-state index >= 15 is 0 Å². The van der Waals surface area contributed by atoms with Gasteiger partial charge in [-0.1, -0.05) is 23.7 Å². The van der Waals surface area contributed by atoms with Gasteiger partial charge in [-0.05, 0) is 65.2 Å². The molecule has 1 atom stereocenters. The van der Waals surface area contributed by atoms with Gasteiger partial charge in [-0.25, -0.2) is 0 Å². The van der Waals surface area contributed by atoms with Gasteiger partial charge in [0.1, 0.15) is 11.5 Å². The molecule has 0 heterocycles. The topological polar surface area (TPSA) is 29.5 Å². The van der Waals surface area contributed by atoms with Crippen molar-refractivity contribution in [2.45, 2.75) is 20.0 Å². The quantitative estimate of drug-likeness (QED) is 0.825. The minimum Gasteiger partial charge on any atom is -0.455 e. The van der Waals surface area contributed by atoms with Crippen LogP contribution in [0.1, 0.15) is 24.2 Å². The first-order valence-electron chi connectivity index (χ1n) is 5.89. The van der Waals surface area contributed by atoms with Gasteiger partial charge >= 0.3 is 0 Å². The smallest absolute Gasteiger partial charge is 0.146 e. The predicted molar refractivity (Wildman–Crippen MR) is 81.0 cm³/mol. The van der Waals surface area contributed by atoms with Gasteiger partial charge in [0, 0.05) is 0 Å². The van der Waals surface area contributed by atoms with Crippen molar-refractivity contribution in [1.82, 2.24) is 0 Å². The summed E-state index contributed by atoms with van der Waals surface area (Å²) in [4.78, 5) is 0. The van der Waals surface area contributed by atoms with E-state index in [4.69, 9.17) is 16.3 Å². The minimum atomic E-state index is -0.507. The Labute approximate surface area is 126 Å². The molecule has 0 unspecified atom stereocenters. The molecule has 0 aromatic heterocycles. The van der Waals surface area contributed by atoms with Crippen molar-refractivity contribution in [3.8, 4) is 11.5 Å². The van der Waals surface area contributed by atoms with E-state index in [-0.39, 0.29) is 0 Å². The SMILES string of the molecule is Cc1ccc(Cl)c(Oc2ccc([C@H](C)O)cc2Br)c1. The van der Waals surface area contributed by atoms with Crippen molar-refractivity contribution in [1.29, 1.82) is 0 Å². The number of hydrogen-bond acceptors (Lipinski definition) is 2. The van der Waals surface area contributed by atoms with Gasteiger partial charge in [-0.3, -0.25) is 0 Å². The molecule has 19 heavy (non-hydrogen) atoms. The second-order valence-corrected chi connectivity index (χ2v) is 5.66. The van der Waals surface area contributed by atoms with Crippen molar-refractivity contribution >= 4 is 27.5 Å². The maximum Gasteiger partial charge on any atom is 0.146 e. The molecule has 2 aromatic carbocycles. The molecule has 2 nitrogen and oxygen atoms in total. The molecule has 0 saturated carbocycles. The Morgan fingerprint density at radius 2 is 1.89 bits per heavy atom. The summed E-state index contributed by atoms with van der Waals surface area (Å²) >= 11 is 9.54. The van der Waals surface area contributed by atoms with E-state index in [0.29, 0.717) is 16.5 Å². The van der Waals surface area contributed by atoms with Gasteiger partial charge in [0.2, 0.25) is 0 Å². The molecule has 0 bridgehead atoms. The lowest BCUT2D eigenvalue weighted by atomic mass is 10.1. The van der Waals surface area contributed by atoms with E-state index in [1.807, 2.05) is 43.3 Å². The Hall–Kier alpha value is -1.03. The van der Waals surface area contributed by atoms with Crippen molar-refractivity contribution in [2.24, 2.45) is 0 Å². The van der Waals surface area contributed by atoms with Crippen LogP contribution in [0.4, 0.5) is 0 Å². The van der Waals surface area contributed by atoms with Crippen LogP contribution in [0.15, 0.2) is 40.9 Å². The maximum absolute atomic E-state index is 9.53. The monoisotopic (exact) mass is 340 g/mol. The molecule has 2 aromatic rings. The Balaban J connectivity index is 2.31. The number of aryl methyl sites for hydroxylation is 1. The lowest BCUT2D eigenvalue weighted by Crippen LogP contribution is -1.93. The molecule has 0 radical (unpaired) electrons. The third kappa shape index (κ3) is 3.50. The van der Waals surface area contributed by atoms with Crippen molar-refractivity contribution in [3.05, 3.63) is 57.0 Å². The summed E-state index contributed by atoms with van der Waals surface area (Å²) in [5, 5.41) is 10.1. The standard InChI is InChI=1S/C15H14BrClO2/c1-9-3-5-13(17)15(7-9)19-14-6-4-11(10(2)18)8-12(14)16/h3-8,10,18H,1-2H3/t10-/m0/s1. The van der Waals surface area contributed by atoms with E-state index in [1.54, 1.807) is 6.92 Å². The highest BCUT2D eigenvalue weighted by atomic mass is 79.9. The van der Waals surface area contributed by atoms with Gasteiger partial charge in [-0.15, -0.1) is 0 Å². The Morgan fingerprint density at radius 3 is 2.53 bits per heavy atom. The van der Waals surface area contributed by atoms with Crippen LogP contribution in [0.2, 0.25) is 5.02 Å². The summed E-state index contributed by atoms with van der Waals surface area (Å²) in [6.45, 7) is 3.70. The van der Waals surface area contributed by atoms with Crippen LogP contribution in [-0.2, 0) is 0 Å². The third-order valence-corrected chi connectivity index (χ3v) is 3.68. The van der Waals surface area contributed by atoms with Crippen LogP contribution in [0.5, 0.6) is 11.5 Å². The molecule has 4 heteroatoms. The van der Waals surface area contributed by atoms with Gasteiger partial charge in [-0.2, -0.15) is 0 Å². The molecule has 0 spiro atoms. The van der Waals surface area contributed by atoms with Crippen molar-refractivity contribution in [2.75, 3.05) is 0 Å². The van der Waals surface area contributed by atoms with E-state index in [1.165, 1.54) is 0 Å². The third-order valence-electron chi connectivity index (χ3n) is 2.74. The zero-order valence-electron chi connectivity index (χ0n) is 10.7. The fraction of sp³-hybridized carbons (Fsp3) is 0.200. The lowest BCUT2D eigenvalue weighted by molar-refractivity contribution is 0.199. The molecule has 0 saturated heterocycles. The number of aliphatic hydroxyl groups is 1. The fourth-order valence-electron chi connectivity index (χ4n) is 1.67. The summed E-state index contributed by atoms with van der Waals surface area (Å²) in [7, 11) is 0. The van der Waals surface area contributed by atoms with Crippen LogP contribution >= 0.6 is 27.5 Å². The molecule has 0 aliphatic carbocycles. The maximum atomic E-state index is 9.53. The first kappa shape index (κ1) is 14.4. The first-order valence-corrected chi connectivity index (χ1v) is 7.06. The van der Waals surface area contributed by atoms with E-state index in [9.17, 15) is 5.11 Å². The van der Waals surface area contributed by atoms with Crippen LogP contribution < -0.4 is 4.74 Å². The Kier molecular flexibility index (Phi) is 4.50. The summed E-state index contributed by atoms with van der Waals surface area (Å²) in [6.07, 6.45) is -0.507. The second kappa shape index (κ2) is 5.95. The summed E-state index contributed by atoms with van der Waals surface area (Å²) < 4.78 is 6.58. The second-order valence-electron chi connectivity index (χ2n) is 4.40. The highest BCUT2D eigenvalue weighted by molar-refractivity contribution is 9.10. The Morgan fingerprint density at radius 1 is 1.16 bits per heavy atom. The molecule has 100 valence electrons.